The molecule has 2 aromatic heterocycles. The zero-order valence-corrected chi connectivity index (χ0v) is 17.4. The topological polar surface area (TPSA) is 39.8 Å². The van der Waals surface area contributed by atoms with E-state index in [1.165, 1.54) is 16.5 Å². The maximum absolute atomic E-state index is 13.3. The van der Waals surface area contributed by atoms with Crippen LogP contribution in [0.1, 0.15) is 17.0 Å². The van der Waals surface area contributed by atoms with E-state index < -0.39 is 0 Å². The predicted octanol–water partition coefficient (Wildman–Crippen LogP) is 5.30. The van der Waals surface area contributed by atoms with Crippen molar-refractivity contribution in [2.75, 3.05) is 0 Å². The van der Waals surface area contributed by atoms with Crippen LogP contribution in [0.4, 0.5) is 0 Å². The number of para-hydroxylation sites is 2. The molecule has 0 amide bonds. The summed E-state index contributed by atoms with van der Waals surface area (Å²) in [4.78, 5) is 18.1. The Morgan fingerprint density at radius 3 is 2.39 bits per heavy atom. The Morgan fingerprint density at radius 2 is 1.55 bits per heavy atom. The molecule has 0 bridgehead atoms. The number of aryl methyl sites for hydroxylation is 2. The van der Waals surface area contributed by atoms with Crippen molar-refractivity contribution in [2.45, 2.75) is 13.0 Å². The van der Waals surface area contributed by atoms with Gasteiger partial charge < -0.3 is 4.57 Å². The molecule has 0 radical (unpaired) electrons. The SMILES string of the molecule is Cn1cc(C=Cc2nc3ccccc3c(=O)n2CCc2ccccc2)c2ccccc21. The van der Waals surface area contributed by atoms with Gasteiger partial charge in [0, 0.05) is 36.3 Å². The molecule has 4 nitrogen and oxygen atoms in total. The van der Waals surface area contributed by atoms with Gasteiger partial charge in [0.25, 0.3) is 5.56 Å². The van der Waals surface area contributed by atoms with Crippen LogP contribution in [0.15, 0.2) is 89.9 Å². The molecule has 0 spiro atoms. The van der Waals surface area contributed by atoms with E-state index in [4.69, 9.17) is 4.98 Å². The Morgan fingerprint density at radius 1 is 0.839 bits per heavy atom. The van der Waals surface area contributed by atoms with E-state index in [0.717, 1.165) is 17.5 Å². The third-order valence-corrected chi connectivity index (χ3v) is 5.70. The van der Waals surface area contributed by atoms with E-state index in [1.807, 2.05) is 67.7 Å². The summed E-state index contributed by atoms with van der Waals surface area (Å²) >= 11 is 0. The van der Waals surface area contributed by atoms with Crippen molar-refractivity contribution in [3.63, 3.8) is 0 Å². The van der Waals surface area contributed by atoms with Gasteiger partial charge in [0.15, 0.2) is 0 Å². The fourth-order valence-electron chi connectivity index (χ4n) is 4.08. The van der Waals surface area contributed by atoms with Crippen molar-refractivity contribution < 1.29 is 0 Å². The average Bonchev–Trinajstić information content (AvgIpc) is 3.14. The van der Waals surface area contributed by atoms with Gasteiger partial charge in [-0.1, -0.05) is 60.7 Å². The Bertz CT molecular complexity index is 1460. The molecular weight excluding hydrogens is 382 g/mol. The van der Waals surface area contributed by atoms with Gasteiger partial charge in [-0.25, -0.2) is 4.98 Å². The number of hydrogen-bond donors (Lipinski definition) is 0. The highest BCUT2D eigenvalue weighted by atomic mass is 16.1. The third-order valence-electron chi connectivity index (χ3n) is 5.70. The van der Waals surface area contributed by atoms with Crippen molar-refractivity contribution in [1.29, 1.82) is 0 Å². The summed E-state index contributed by atoms with van der Waals surface area (Å²) in [6.07, 6.45) is 6.89. The van der Waals surface area contributed by atoms with Crippen molar-refractivity contribution in [1.82, 2.24) is 14.1 Å². The average molecular weight is 406 g/mol. The van der Waals surface area contributed by atoms with E-state index >= 15 is 0 Å². The largest absolute Gasteiger partial charge is 0.350 e. The second-order valence-corrected chi connectivity index (χ2v) is 7.73. The predicted molar refractivity (Wildman–Crippen MR) is 128 cm³/mol. The highest BCUT2D eigenvalue weighted by Crippen LogP contribution is 2.22. The van der Waals surface area contributed by atoms with Crippen molar-refractivity contribution >= 4 is 34.0 Å². The van der Waals surface area contributed by atoms with Crippen LogP contribution in [-0.2, 0) is 20.0 Å². The van der Waals surface area contributed by atoms with Crippen LogP contribution >= 0.6 is 0 Å². The summed E-state index contributed by atoms with van der Waals surface area (Å²) in [5.41, 5.74) is 4.21. The van der Waals surface area contributed by atoms with Gasteiger partial charge in [-0.2, -0.15) is 0 Å². The van der Waals surface area contributed by atoms with E-state index in [2.05, 4.69) is 41.1 Å². The lowest BCUT2D eigenvalue weighted by atomic mass is 10.1. The van der Waals surface area contributed by atoms with Gasteiger partial charge in [0.1, 0.15) is 5.82 Å². The molecule has 0 saturated carbocycles. The minimum Gasteiger partial charge on any atom is -0.350 e. The van der Waals surface area contributed by atoms with E-state index in [9.17, 15) is 4.79 Å². The van der Waals surface area contributed by atoms with Gasteiger partial charge in [-0.15, -0.1) is 0 Å². The van der Waals surface area contributed by atoms with Gasteiger partial charge in [-0.3, -0.25) is 9.36 Å². The lowest BCUT2D eigenvalue weighted by Gasteiger charge is -2.11. The van der Waals surface area contributed by atoms with Crippen LogP contribution in [0.2, 0.25) is 0 Å². The molecule has 0 aliphatic rings. The summed E-state index contributed by atoms with van der Waals surface area (Å²) in [6, 6.07) is 26.1. The van der Waals surface area contributed by atoms with Gasteiger partial charge in [0.05, 0.1) is 10.9 Å². The molecule has 0 unspecified atom stereocenters. The molecule has 0 N–H and O–H groups in total. The Labute approximate surface area is 180 Å². The molecule has 152 valence electrons. The first-order chi connectivity index (χ1) is 15.2. The zero-order valence-electron chi connectivity index (χ0n) is 17.4. The second kappa shape index (κ2) is 8.07. The molecule has 5 rings (SSSR count). The molecule has 4 heteroatoms. The molecule has 0 atom stereocenters. The molecular formula is C27H23N3O. The monoisotopic (exact) mass is 405 g/mol. The first kappa shape index (κ1) is 19.1. The minimum absolute atomic E-state index is 0.000833. The minimum atomic E-state index is -0.000833. The van der Waals surface area contributed by atoms with Crippen molar-refractivity contribution in [3.8, 4) is 0 Å². The smallest absolute Gasteiger partial charge is 0.261 e. The molecule has 0 saturated heterocycles. The quantitative estimate of drug-likeness (QED) is 0.398. The fourth-order valence-corrected chi connectivity index (χ4v) is 4.08. The first-order valence-electron chi connectivity index (χ1n) is 10.5. The molecule has 5 aromatic rings. The highest BCUT2D eigenvalue weighted by molar-refractivity contribution is 5.92. The molecule has 2 heterocycles. The van der Waals surface area contributed by atoms with Crippen LogP contribution in [0.5, 0.6) is 0 Å². The van der Waals surface area contributed by atoms with Crippen LogP contribution in [0, 0.1) is 0 Å². The Hall–Kier alpha value is -3.92. The molecule has 31 heavy (non-hydrogen) atoms. The highest BCUT2D eigenvalue weighted by Gasteiger charge is 2.10. The standard InChI is InChI=1S/C27H23N3O/c1-29-19-21(22-11-6-8-14-25(22)29)15-16-26-28-24-13-7-5-12-23(24)27(31)30(26)18-17-20-9-3-2-4-10-20/h2-16,19H,17-18H2,1H3. The van der Waals surface area contributed by atoms with Crippen LogP contribution < -0.4 is 5.56 Å². The lowest BCUT2D eigenvalue weighted by molar-refractivity contribution is 0.655. The summed E-state index contributed by atoms with van der Waals surface area (Å²) in [6.45, 7) is 0.579. The number of rotatable bonds is 5. The second-order valence-electron chi connectivity index (χ2n) is 7.73. The Kier molecular flexibility index (Phi) is 4.97. The number of fused-ring (bicyclic) bond motifs is 2. The zero-order chi connectivity index (χ0) is 21.2. The summed E-state index contributed by atoms with van der Waals surface area (Å²) in [7, 11) is 2.05. The van der Waals surface area contributed by atoms with Crippen LogP contribution in [0.3, 0.4) is 0 Å². The summed E-state index contributed by atoms with van der Waals surface area (Å²) in [5, 5.41) is 1.83. The van der Waals surface area contributed by atoms with Crippen LogP contribution in [-0.4, -0.2) is 14.1 Å². The number of hydrogen-bond acceptors (Lipinski definition) is 2. The lowest BCUT2D eigenvalue weighted by Crippen LogP contribution is -2.24. The van der Waals surface area contributed by atoms with Crippen LogP contribution in [0.25, 0.3) is 34.0 Å². The number of aromatic nitrogens is 3. The van der Waals surface area contributed by atoms with Crippen molar-refractivity contribution in [3.05, 3.63) is 112 Å². The van der Waals surface area contributed by atoms with Crippen molar-refractivity contribution in [2.24, 2.45) is 7.05 Å². The Balaban J connectivity index is 1.59. The maximum Gasteiger partial charge on any atom is 0.261 e. The van der Waals surface area contributed by atoms with Gasteiger partial charge in [0.2, 0.25) is 0 Å². The van der Waals surface area contributed by atoms with E-state index in [0.29, 0.717) is 17.8 Å². The fraction of sp³-hybridized carbons (Fsp3) is 0.111. The molecule has 0 aliphatic carbocycles. The summed E-state index contributed by atoms with van der Waals surface area (Å²) in [5.74, 6) is 0.674. The summed E-state index contributed by atoms with van der Waals surface area (Å²) < 4.78 is 3.91. The molecule has 0 aliphatic heterocycles. The maximum atomic E-state index is 13.3. The van der Waals surface area contributed by atoms with E-state index in [1.54, 1.807) is 4.57 Å². The molecule has 3 aromatic carbocycles. The number of benzene rings is 3. The third kappa shape index (κ3) is 3.68. The van der Waals surface area contributed by atoms with Gasteiger partial charge in [-0.05, 0) is 42.3 Å². The normalized spacial score (nSPS) is 11.6. The molecule has 0 fully saturated rings. The first-order valence-corrected chi connectivity index (χ1v) is 10.5. The van der Waals surface area contributed by atoms with Gasteiger partial charge >= 0.3 is 0 Å². The van der Waals surface area contributed by atoms with E-state index in [-0.39, 0.29) is 5.56 Å². The number of nitrogens with zero attached hydrogens (tertiary/aromatic N) is 3.